The summed E-state index contributed by atoms with van der Waals surface area (Å²) in [6.45, 7) is 1.70. The summed E-state index contributed by atoms with van der Waals surface area (Å²) in [5.41, 5.74) is 0.196. The van der Waals surface area contributed by atoms with Crippen molar-refractivity contribution in [3.8, 4) is 0 Å². The van der Waals surface area contributed by atoms with Crippen LogP contribution >= 0.6 is 0 Å². The Labute approximate surface area is 140 Å². The highest BCUT2D eigenvalue weighted by atomic mass is 19.4. The fourth-order valence-corrected chi connectivity index (χ4v) is 2.11. The minimum absolute atomic E-state index is 0.0799. The van der Waals surface area contributed by atoms with Crippen LogP contribution in [0.4, 0.5) is 30.8 Å². The Balaban J connectivity index is 1.83. The lowest BCUT2D eigenvalue weighted by Gasteiger charge is -2.11. The summed E-state index contributed by atoms with van der Waals surface area (Å²) in [4.78, 5) is 8.39. The first-order valence-electron chi connectivity index (χ1n) is 7.40. The van der Waals surface area contributed by atoms with E-state index in [9.17, 15) is 13.2 Å². The van der Waals surface area contributed by atoms with Crippen LogP contribution in [0.25, 0.3) is 5.65 Å². The Kier molecular flexibility index (Phi) is 4.45. The number of nitrogens with one attached hydrogen (secondary N) is 2. The standard InChI is InChI=1S/C15H15F3N6O/c1-9(8-25)20-14-19-7-6-12-22-13(23-24(12)14)21-11-4-2-10(3-5-11)15(16,17)18/h2-7,9,25H,8H2,1H3,(H,19,20)(H,21,23)/t9-/m1/s1. The zero-order chi connectivity index (χ0) is 18.0. The van der Waals surface area contributed by atoms with Crippen LogP contribution in [0.3, 0.4) is 0 Å². The van der Waals surface area contributed by atoms with Gasteiger partial charge in [0.15, 0.2) is 5.65 Å². The maximum Gasteiger partial charge on any atom is 0.416 e. The van der Waals surface area contributed by atoms with Crippen LogP contribution in [0.15, 0.2) is 36.5 Å². The lowest BCUT2D eigenvalue weighted by atomic mass is 10.2. The van der Waals surface area contributed by atoms with Crippen molar-refractivity contribution in [2.45, 2.75) is 19.1 Å². The predicted molar refractivity (Wildman–Crippen MR) is 85.7 cm³/mol. The van der Waals surface area contributed by atoms with Gasteiger partial charge in [0, 0.05) is 24.0 Å². The minimum atomic E-state index is -4.38. The highest BCUT2D eigenvalue weighted by molar-refractivity contribution is 5.57. The molecule has 2 aromatic heterocycles. The molecule has 10 heteroatoms. The van der Waals surface area contributed by atoms with Crippen molar-refractivity contribution in [3.63, 3.8) is 0 Å². The number of hydrogen-bond acceptors (Lipinski definition) is 6. The summed E-state index contributed by atoms with van der Waals surface area (Å²) in [6, 6.07) is 5.98. The topological polar surface area (TPSA) is 87.4 Å². The normalized spacial score (nSPS) is 13.0. The zero-order valence-corrected chi connectivity index (χ0v) is 13.1. The SMILES string of the molecule is C[C@H](CO)Nc1nccc2nc(Nc3ccc(C(F)(F)F)cc3)nn12. The van der Waals surface area contributed by atoms with Crippen LogP contribution in [0, 0.1) is 0 Å². The Morgan fingerprint density at radius 1 is 1.20 bits per heavy atom. The number of nitrogens with zero attached hydrogens (tertiary/aromatic N) is 4. The van der Waals surface area contributed by atoms with Gasteiger partial charge in [0.2, 0.25) is 11.9 Å². The van der Waals surface area contributed by atoms with Crippen LogP contribution in [0.1, 0.15) is 12.5 Å². The van der Waals surface area contributed by atoms with Crippen molar-refractivity contribution < 1.29 is 18.3 Å². The molecule has 7 nitrogen and oxygen atoms in total. The van der Waals surface area contributed by atoms with E-state index >= 15 is 0 Å². The molecule has 1 atom stereocenters. The van der Waals surface area contributed by atoms with E-state index in [0.29, 0.717) is 17.3 Å². The average molecular weight is 352 g/mol. The zero-order valence-electron chi connectivity index (χ0n) is 13.1. The number of fused-ring (bicyclic) bond motifs is 1. The molecule has 3 rings (SSSR count). The van der Waals surface area contributed by atoms with Crippen LogP contribution in [-0.4, -0.2) is 37.3 Å². The average Bonchev–Trinajstić information content (AvgIpc) is 2.98. The van der Waals surface area contributed by atoms with E-state index in [4.69, 9.17) is 5.11 Å². The Bertz CT molecular complexity index is 862. The molecule has 0 saturated carbocycles. The molecule has 2 heterocycles. The van der Waals surface area contributed by atoms with Crippen molar-refractivity contribution in [2.75, 3.05) is 17.2 Å². The van der Waals surface area contributed by atoms with Gasteiger partial charge in [-0.3, -0.25) is 0 Å². The molecule has 1 aromatic carbocycles. The summed E-state index contributed by atoms with van der Waals surface area (Å²) in [6.07, 6.45) is -2.84. The van der Waals surface area contributed by atoms with Gasteiger partial charge in [-0.1, -0.05) is 0 Å². The summed E-state index contributed by atoms with van der Waals surface area (Å²) >= 11 is 0. The van der Waals surface area contributed by atoms with E-state index in [0.717, 1.165) is 12.1 Å². The van der Waals surface area contributed by atoms with Crippen LogP contribution in [0.5, 0.6) is 0 Å². The van der Waals surface area contributed by atoms with Gasteiger partial charge in [-0.2, -0.15) is 22.7 Å². The highest BCUT2D eigenvalue weighted by Gasteiger charge is 2.29. The summed E-state index contributed by atoms with van der Waals surface area (Å²) in [7, 11) is 0. The molecule has 0 aliphatic rings. The predicted octanol–water partition coefficient (Wildman–Crippen LogP) is 2.68. The number of aliphatic hydroxyl groups is 1. The number of benzene rings is 1. The molecule has 0 spiro atoms. The molecular weight excluding hydrogens is 337 g/mol. The van der Waals surface area contributed by atoms with Crippen molar-refractivity contribution in [3.05, 3.63) is 42.1 Å². The van der Waals surface area contributed by atoms with Gasteiger partial charge in [-0.25, -0.2) is 4.98 Å². The molecule has 25 heavy (non-hydrogen) atoms. The van der Waals surface area contributed by atoms with Gasteiger partial charge >= 0.3 is 6.18 Å². The van der Waals surface area contributed by atoms with Crippen molar-refractivity contribution in [1.82, 2.24) is 19.6 Å². The smallest absolute Gasteiger partial charge is 0.394 e. The number of hydrogen-bond donors (Lipinski definition) is 3. The molecule has 3 aromatic rings. The largest absolute Gasteiger partial charge is 0.416 e. The van der Waals surface area contributed by atoms with Gasteiger partial charge in [-0.05, 0) is 31.2 Å². The minimum Gasteiger partial charge on any atom is -0.394 e. The number of aliphatic hydroxyl groups excluding tert-OH is 1. The Morgan fingerprint density at radius 3 is 2.56 bits per heavy atom. The monoisotopic (exact) mass is 352 g/mol. The third-order valence-corrected chi connectivity index (χ3v) is 3.37. The molecule has 0 saturated heterocycles. The number of halogens is 3. The lowest BCUT2D eigenvalue weighted by Crippen LogP contribution is -2.22. The summed E-state index contributed by atoms with van der Waals surface area (Å²) in [5.74, 6) is 0.611. The van der Waals surface area contributed by atoms with Crippen LogP contribution in [0.2, 0.25) is 0 Å². The second kappa shape index (κ2) is 6.55. The van der Waals surface area contributed by atoms with E-state index in [2.05, 4.69) is 25.7 Å². The highest BCUT2D eigenvalue weighted by Crippen LogP contribution is 2.30. The molecule has 0 fully saturated rings. The first kappa shape index (κ1) is 17.0. The van der Waals surface area contributed by atoms with E-state index in [1.807, 2.05) is 0 Å². The van der Waals surface area contributed by atoms with E-state index in [1.54, 1.807) is 19.2 Å². The summed E-state index contributed by atoms with van der Waals surface area (Å²) < 4.78 is 39.2. The number of alkyl halides is 3. The van der Waals surface area contributed by atoms with Gasteiger partial charge in [0.05, 0.1) is 12.2 Å². The van der Waals surface area contributed by atoms with E-state index in [-0.39, 0.29) is 18.6 Å². The molecule has 3 N–H and O–H groups in total. The van der Waals surface area contributed by atoms with Crippen LogP contribution < -0.4 is 10.6 Å². The fourth-order valence-electron chi connectivity index (χ4n) is 2.11. The van der Waals surface area contributed by atoms with Crippen molar-refractivity contribution >= 4 is 23.2 Å². The molecule has 0 unspecified atom stereocenters. The molecule has 0 amide bonds. The van der Waals surface area contributed by atoms with Crippen molar-refractivity contribution in [1.29, 1.82) is 0 Å². The number of aromatic nitrogens is 4. The quantitative estimate of drug-likeness (QED) is 0.654. The third-order valence-electron chi connectivity index (χ3n) is 3.37. The Morgan fingerprint density at radius 2 is 1.92 bits per heavy atom. The van der Waals surface area contributed by atoms with Gasteiger partial charge < -0.3 is 15.7 Å². The van der Waals surface area contributed by atoms with Crippen LogP contribution in [-0.2, 0) is 6.18 Å². The lowest BCUT2D eigenvalue weighted by molar-refractivity contribution is -0.137. The summed E-state index contributed by atoms with van der Waals surface area (Å²) in [5, 5.41) is 19.2. The van der Waals surface area contributed by atoms with Crippen molar-refractivity contribution in [2.24, 2.45) is 0 Å². The van der Waals surface area contributed by atoms with Gasteiger partial charge in [0.1, 0.15) is 0 Å². The Hall–Kier alpha value is -2.88. The van der Waals surface area contributed by atoms with Gasteiger partial charge in [0.25, 0.3) is 0 Å². The molecule has 0 aliphatic heterocycles. The first-order chi connectivity index (χ1) is 11.9. The maximum absolute atomic E-state index is 12.6. The van der Waals surface area contributed by atoms with E-state index in [1.165, 1.54) is 16.6 Å². The number of rotatable bonds is 5. The first-order valence-corrected chi connectivity index (χ1v) is 7.40. The molecule has 0 radical (unpaired) electrons. The molecule has 0 bridgehead atoms. The van der Waals surface area contributed by atoms with Gasteiger partial charge in [-0.15, -0.1) is 5.10 Å². The second-order valence-corrected chi connectivity index (χ2v) is 5.40. The molecule has 0 aliphatic carbocycles. The third kappa shape index (κ3) is 3.79. The van der Waals surface area contributed by atoms with E-state index < -0.39 is 11.7 Å². The molecule has 132 valence electrons. The molecular formula is C15H15F3N6O. The maximum atomic E-state index is 12.6. The number of anilines is 3. The second-order valence-electron chi connectivity index (χ2n) is 5.40. The fraction of sp³-hybridized carbons (Fsp3) is 0.267.